The predicted molar refractivity (Wildman–Crippen MR) is 73.7 cm³/mol. The van der Waals surface area contributed by atoms with Gasteiger partial charge in [-0.2, -0.15) is 12.6 Å². The molecule has 0 N–H and O–H groups in total. The fraction of sp³-hybridized carbons (Fsp3) is 0.500. The summed E-state index contributed by atoms with van der Waals surface area (Å²) in [6.07, 6.45) is 7.87. The van der Waals surface area contributed by atoms with Crippen LogP contribution in [0, 0.1) is 0 Å². The van der Waals surface area contributed by atoms with E-state index in [1.165, 1.54) is 0 Å². The molecule has 92 valence electrons. The molecule has 0 radical (unpaired) electrons. The Labute approximate surface area is 108 Å². The largest absolute Gasteiger partial charge is 0.338 e. The van der Waals surface area contributed by atoms with Gasteiger partial charge >= 0.3 is 0 Å². The van der Waals surface area contributed by atoms with Crippen molar-refractivity contribution in [1.82, 2.24) is 14.9 Å². The Morgan fingerprint density at radius 2 is 1.82 bits per heavy atom. The minimum absolute atomic E-state index is 0.817. The Morgan fingerprint density at radius 1 is 1.12 bits per heavy atom. The first-order chi connectivity index (χ1) is 8.40. The van der Waals surface area contributed by atoms with Crippen molar-refractivity contribution in [2.75, 3.05) is 43.4 Å². The third kappa shape index (κ3) is 3.71. The van der Waals surface area contributed by atoms with Crippen molar-refractivity contribution in [2.24, 2.45) is 0 Å². The van der Waals surface area contributed by atoms with Crippen LogP contribution in [0.1, 0.15) is 0 Å². The summed E-state index contributed by atoms with van der Waals surface area (Å²) >= 11 is 4.15. The van der Waals surface area contributed by atoms with Gasteiger partial charge in [0.25, 0.3) is 0 Å². The molecule has 5 heteroatoms. The van der Waals surface area contributed by atoms with Crippen molar-refractivity contribution < 1.29 is 0 Å². The Bertz CT molecular complexity index is 347. The van der Waals surface area contributed by atoms with Gasteiger partial charge in [-0.15, -0.1) is 0 Å². The molecule has 2 rings (SSSR count). The number of piperazine rings is 1. The molecule has 0 spiro atoms. The van der Waals surface area contributed by atoms with Crippen LogP contribution in [0.4, 0.5) is 5.95 Å². The van der Waals surface area contributed by atoms with E-state index in [1.807, 2.05) is 6.07 Å². The van der Waals surface area contributed by atoms with Crippen LogP contribution >= 0.6 is 12.6 Å². The minimum atomic E-state index is 0.817. The molecular weight excluding hydrogens is 232 g/mol. The number of rotatable bonds is 4. The van der Waals surface area contributed by atoms with Crippen LogP contribution < -0.4 is 4.90 Å². The first-order valence-corrected chi connectivity index (χ1v) is 6.53. The van der Waals surface area contributed by atoms with Crippen LogP contribution in [0.15, 0.2) is 30.6 Å². The van der Waals surface area contributed by atoms with E-state index in [-0.39, 0.29) is 0 Å². The van der Waals surface area contributed by atoms with Gasteiger partial charge in [0.2, 0.25) is 5.95 Å². The quantitative estimate of drug-likeness (QED) is 0.640. The van der Waals surface area contributed by atoms with Crippen molar-refractivity contribution in [1.29, 1.82) is 0 Å². The number of aromatic nitrogens is 2. The molecule has 0 unspecified atom stereocenters. The fourth-order valence-electron chi connectivity index (χ4n) is 1.88. The Balaban J connectivity index is 1.80. The van der Waals surface area contributed by atoms with Gasteiger partial charge in [-0.3, -0.25) is 4.90 Å². The summed E-state index contributed by atoms with van der Waals surface area (Å²) in [6.45, 7) is 5.14. The van der Waals surface area contributed by atoms with Gasteiger partial charge in [-0.1, -0.05) is 12.2 Å². The van der Waals surface area contributed by atoms with Gasteiger partial charge < -0.3 is 4.90 Å². The molecule has 1 aromatic heterocycles. The molecule has 2 heterocycles. The van der Waals surface area contributed by atoms with E-state index in [4.69, 9.17) is 0 Å². The molecule has 0 amide bonds. The second-order valence-electron chi connectivity index (χ2n) is 3.99. The third-order valence-electron chi connectivity index (χ3n) is 2.84. The van der Waals surface area contributed by atoms with Crippen LogP contribution in [-0.2, 0) is 0 Å². The molecule has 0 saturated carbocycles. The lowest BCUT2D eigenvalue weighted by atomic mass is 10.3. The maximum absolute atomic E-state index is 4.28. The number of hydrogen-bond donors (Lipinski definition) is 1. The Morgan fingerprint density at radius 3 is 2.47 bits per heavy atom. The van der Waals surface area contributed by atoms with E-state index < -0.39 is 0 Å². The van der Waals surface area contributed by atoms with Crippen LogP contribution in [0.2, 0.25) is 0 Å². The van der Waals surface area contributed by atoms with Gasteiger partial charge in [0, 0.05) is 50.9 Å². The van der Waals surface area contributed by atoms with Crippen molar-refractivity contribution in [3.05, 3.63) is 30.6 Å². The third-order valence-corrected chi connectivity index (χ3v) is 3.05. The highest BCUT2D eigenvalue weighted by atomic mass is 32.1. The maximum Gasteiger partial charge on any atom is 0.225 e. The van der Waals surface area contributed by atoms with Crippen molar-refractivity contribution in [2.45, 2.75) is 0 Å². The van der Waals surface area contributed by atoms with Crippen molar-refractivity contribution in [3.63, 3.8) is 0 Å². The lowest BCUT2D eigenvalue weighted by molar-refractivity contribution is 0.282. The molecule has 0 atom stereocenters. The first-order valence-electron chi connectivity index (χ1n) is 5.90. The molecule has 0 bridgehead atoms. The second kappa shape index (κ2) is 6.61. The molecule has 1 saturated heterocycles. The number of nitrogens with zero attached hydrogens (tertiary/aromatic N) is 4. The lowest BCUT2D eigenvalue weighted by Crippen LogP contribution is -2.46. The van der Waals surface area contributed by atoms with E-state index in [1.54, 1.807) is 12.4 Å². The topological polar surface area (TPSA) is 32.3 Å². The maximum atomic E-state index is 4.28. The highest BCUT2D eigenvalue weighted by molar-refractivity contribution is 7.80. The van der Waals surface area contributed by atoms with Gasteiger partial charge in [-0.25, -0.2) is 9.97 Å². The zero-order chi connectivity index (χ0) is 11.9. The predicted octanol–water partition coefficient (Wildman–Crippen LogP) is 1.08. The molecular formula is C12H18N4S. The summed E-state index contributed by atoms with van der Waals surface area (Å²) in [4.78, 5) is 13.2. The monoisotopic (exact) mass is 250 g/mol. The van der Waals surface area contributed by atoms with E-state index in [9.17, 15) is 0 Å². The molecule has 1 aliphatic rings. The van der Waals surface area contributed by atoms with E-state index >= 15 is 0 Å². The lowest BCUT2D eigenvalue weighted by Gasteiger charge is -2.34. The summed E-state index contributed by atoms with van der Waals surface area (Å²) in [5, 5.41) is 0. The van der Waals surface area contributed by atoms with Crippen molar-refractivity contribution in [3.8, 4) is 0 Å². The number of hydrogen-bond acceptors (Lipinski definition) is 5. The van der Waals surface area contributed by atoms with Crippen LogP contribution in [0.5, 0.6) is 0 Å². The van der Waals surface area contributed by atoms with E-state index in [0.29, 0.717) is 0 Å². The zero-order valence-electron chi connectivity index (χ0n) is 9.87. The zero-order valence-corrected chi connectivity index (χ0v) is 10.8. The summed E-state index contributed by atoms with van der Waals surface area (Å²) in [5.74, 6) is 1.66. The average molecular weight is 250 g/mol. The van der Waals surface area contributed by atoms with E-state index in [2.05, 4.69) is 44.5 Å². The molecule has 4 nitrogen and oxygen atoms in total. The van der Waals surface area contributed by atoms with E-state index in [0.717, 1.165) is 44.4 Å². The highest BCUT2D eigenvalue weighted by Gasteiger charge is 2.17. The minimum Gasteiger partial charge on any atom is -0.338 e. The Hall–Kier alpha value is -1.07. The second-order valence-corrected chi connectivity index (χ2v) is 4.36. The molecule has 1 aliphatic heterocycles. The standard InChI is InChI=1S/C12H18N4S/c17-11-2-1-6-15-7-9-16(10-8-15)12-13-4-3-5-14-12/h1-5,17H,6-11H2. The molecule has 1 aromatic rings. The summed E-state index contributed by atoms with van der Waals surface area (Å²) < 4.78 is 0. The van der Waals surface area contributed by atoms with Gasteiger partial charge in [-0.05, 0) is 6.07 Å². The first kappa shape index (κ1) is 12.4. The smallest absolute Gasteiger partial charge is 0.225 e. The van der Waals surface area contributed by atoms with Crippen LogP contribution in [0.3, 0.4) is 0 Å². The van der Waals surface area contributed by atoms with Gasteiger partial charge in [0.05, 0.1) is 0 Å². The highest BCUT2D eigenvalue weighted by Crippen LogP contribution is 2.09. The summed E-state index contributed by atoms with van der Waals surface area (Å²) in [7, 11) is 0. The summed E-state index contributed by atoms with van der Waals surface area (Å²) in [5.41, 5.74) is 0. The number of anilines is 1. The molecule has 0 aliphatic carbocycles. The summed E-state index contributed by atoms with van der Waals surface area (Å²) in [6, 6.07) is 1.85. The fourth-order valence-corrected chi connectivity index (χ4v) is 2.03. The molecule has 1 fully saturated rings. The number of thiol groups is 1. The Kier molecular flexibility index (Phi) is 4.82. The van der Waals surface area contributed by atoms with Gasteiger partial charge in [0.15, 0.2) is 0 Å². The van der Waals surface area contributed by atoms with Crippen LogP contribution in [-0.4, -0.2) is 53.3 Å². The SMILES string of the molecule is SCC=CCN1CCN(c2ncccn2)CC1. The van der Waals surface area contributed by atoms with Crippen molar-refractivity contribution >= 4 is 18.6 Å². The van der Waals surface area contributed by atoms with Crippen LogP contribution in [0.25, 0.3) is 0 Å². The normalized spacial score (nSPS) is 17.8. The molecule has 17 heavy (non-hydrogen) atoms. The van der Waals surface area contributed by atoms with Gasteiger partial charge in [0.1, 0.15) is 0 Å². The molecule has 0 aromatic carbocycles. The average Bonchev–Trinajstić information content (AvgIpc) is 2.41.